The molecule has 0 aliphatic carbocycles. The molecule has 0 saturated carbocycles. The average molecular weight is 391 g/mol. The molecule has 0 aliphatic heterocycles. The summed E-state index contributed by atoms with van der Waals surface area (Å²) < 4.78 is 29.5. The number of pyridine rings is 1. The van der Waals surface area contributed by atoms with Crippen molar-refractivity contribution in [1.82, 2.24) is 14.5 Å². The van der Waals surface area contributed by atoms with Crippen LogP contribution < -0.4 is 5.32 Å². The number of carbonyl (C=O) groups is 1. The fourth-order valence-electron chi connectivity index (χ4n) is 3.15. The topological polar surface area (TPSA) is 59.8 Å². The lowest BCUT2D eigenvalue weighted by Gasteiger charge is -2.11. The van der Waals surface area contributed by atoms with Crippen LogP contribution in [-0.2, 0) is 4.79 Å². The number of nitrogens with zero attached hydrogens (tertiary/aromatic N) is 3. The van der Waals surface area contributed by atoms with E-state index in [1.807, 2.05) is 31.5 Å². The maximum absolute atomic E-state index is 14.4. The monoisotopic (exact) mass is 391 g/mol. The van der Waals surface area contributed by atoms with Crippen LogP contribution in [0.2, 0.25) is 0 Å². The van der Waals surface area contributed by atoms with Crippen LogP contribution in [-0.4, -0.2) is 20.4 Å². The second-order valence-electron chi connectivity index (χ2n) is 6.56. The van der Waals surface area contributed by atoms with E-state index in [-0.39, 0.29) is 17.3 Å². The lowest BCUT2D eigenvalue weighted by atomic mass is 10.1. The zero-order chi connectivity index (χ0) is 20.5. The molecule has 2 aromatic carbocycles. The van der Waals surface area contributed by atoms with Gasteiger partial charge in [-0.15, -0.1) is 0 Å². The predicted molar refractivity (Wildman–Crippen MR) is 108 cm³/mol. The van der Waals surface area contributed by atoms with E-state index in [0.29, 0.717) is 11.4 Å². The van der Waals surface area contributed by atoms with Crippen LogP contribution in [0.5, 0.6) is 0 Å². The summed E-state index contributed by atoms with van der Waals surface area (Å²) in [6.07, 6.45) is 3.60. The molecule has 4 rings (SSSR count). The van der Waals surface area contributed by atoms with Gasteiger partial charge < -0.3 is 5.32 Å². The highest BCUT2D eigenvalue weighted by atomic mass is 19.1. The SMILES string of the molecule is C[CH]c1ccc2c(c1)ncn2-c1cc(-c2ccc(F)cc2F)cc(NC(C)=O)n1. The Labute approximate surface area is 166 Å². The Morgan fingerprint density at radius 1 is 1.10 bits per heavy atom. The van der Waals surface area contributed by atoms with Gasteiger partial charge in [0.05, 0.1) is 11.0 Å². The smallest absolute Gasteiger partial charge is 0.222 e. The lowest BCUT2D eigenvalue weighted by molar-refractivity contribution is -0.114. The van der Waals surface area contributed by atoms with Gasteiger partial charge in [-0.25, -0.2) is 18.7 Å². The van der Waals surface area contributed by atoms with E-state index in [0.717, 1.165) is 22.7 Å². The molecule has 0 atom stereocenters. The first-order valence-electron chi connectivity index (χ1n) is 8.96. The summed E-state index contributed by atoms with van der Waals surface area (Å²) in [6, 6.07) is 12.4. The van der Waals surface area contributed by atoms with E-state index in [2.05, 4.69) is 15.3 Å². The second-order valence-corrected chi connectivity index (χ2v) is 6.56. The number of amides is 1. The molecular weight excluding hydrogens is 374 g/mol. The molecule has 0 fully saturated rings. The molecule has 0 saturated heterocycles. The van der Waals surface area contributed by atoms with Crippen LogP contribution in [0.25, 0.3) is 28.0 Å². The minimum atomic E-state index is -0.700. The Bertz CT molecular complexity index is 1230. The maximum Gasteiger partial charge on any atom is 0.222 e. The highest BCUT2D eigenvalue weighted by Gasteiger charge is 2.13. The van der Waals surface area contributed by atoms with Crippen LogP contribution in [0.1, 0.15) is 19.4 Å². The molecule has 5 nitrogen and oxygen atoms in total. The van der Waals surface area contributed by atoms with Crippen molar-refractivity contribution in [2.75, 3.05) is 5.32 Å². The minimum Gasteiger partial charge on any atom is -0.311 e. The summed E-state index contributed by atoms with van der Waals surface area (Å²) in [5.74, 6) is -0.958. The van der Waals surface area contributed by atoms with Gasteiger partial charge in [-0.1, -0.05) is 13.0 Å². The Hall–Kier alpha value is -3.61. The Balaban J connectivity index is 1.90. The van der Waals surface area contributed by atoms with E-state index in [1.165, 1.54) is 19.1 Å². The van der Waals surface area contributed by atoms with Crippen molar-refractivity contribution in [2.24, 2.45) is 0 Å². The summed E-state index contributed by atoms with van der Waals surface area (Å²) in [4.78, 5) is 20.4. The largest absolute Gasteiger partial charge is 0.311 e. The fraction of sp³-hybridized carbons (Fsp3) is 0.0909. The number of fused-ring (bicyclic) bond motifs is 1. The quantitative estimate of drug-likeness (QED) is 0.538. The molecule has 0 unspecified atom stereocenters. The van der Waals surface area contributed by atoms with E-state index >= 15 is 0 Å². The van der Waals surface area contributed by atoms with Gasteiger partial charge in [0.15, 0.2) is 0 Å². The van der Waals surface area contributed by atoms with Crippen LogP contribution in [0, 0.1) is 18.1 Å². The Kier molecular flexibility index (Phi) is 4.80. The van der Waals surface area contributed by atoms with Gasteiger partial charge >= 0.3 is 0 Å². The summed E-state index contributed by atoms with van der Waals surface area (Å²) in [6.45, 7) is 3.31. The first-order valence-corrected chi connectivity index (χ1v) is 8.96. The molecule has 29 heavy (non-hydrogen) atoms. The fourth-order valence-corrected chi connectivity index (χ4v) is 3.15. The molecule has 0 aliphatic rings. The number of hydrogen-bond donors (Lipinski definition) is 1. The molecule has 2 aromatic heterocycles. The first-order chi connectivity index (χ1) is 13.9. The van der Waals surface area contributed by atoms with Gasteiger partial charge in [-0.3, -0.25) is 9.36 Å². The number of rotatable bonds is 4. The molecule has 0 spiro atoms. The number of benzene rings is 2. The summed E-state index contributed by atoms with van der Waals surface area (Å²) in [5.41, 5.74) is 3.29. The number of nitrogens with one attached hydrogen (secondary N) is 1. The average Bonchev–Trinajstić information content (AvgIpc) is 3.10. The molecular formula is C22H17F2N4O. The summed E-state index contributed by atoms with van der Waals surface area (Å²) in [5, 5.41) is 2.63. The van der Waals surface area contributed by atoms with Crippen molar-refractivity contribution >= 4 is 22.8 Å². The standard InChI is InChI=1S/C22H17F2N4O/c1-3-14-4-7-20-19(8-14)25-12-28(20)22-10-15(9-21(27-22)26-13(2)29)17-6-5-16(23)11-18(17)24/h3-12H,1-2H3,(H,26,27,29). The van der Waals surface area contributed by atoms with Crippen molar-refractivity contribution in [3.8, 4) is 16.9 Å². The Morgan fingerprint density at radius 2 is 1.93 bits per heavy atom. The number of anilines is 1. The summed E-state index contributed by atoms with van der Waals surface area (Å²) in [7, 11) is 0. The highest BCUT2D eigenvalue weighted by Crippen LogP contribution is 2.29. The predicted octanol–water partition coefficient (Wildman–Crippen LogP) is 4.90. The van der Waals surface area contributed by atoms with Crippen molar-refractivity contribution < 1.29 is 13.6 Å². The molecule has 145 valence electrons. The second kappa shape index (κ2) is 7.43. The zero-order valence-corrected chi connectivity index (χ0v) is 15.8. The van der Waals surface area contributed by atoms with Gasteiger partial charge in [0.2, 0.25) is 5.91 Å². The number of halogens is 2. The molecule has 7 heteroatoms. The molecule has 1 amide bonds. The van der Waals surface area contributed by atoms with Crippen molar-refractivity contribution in [3.63, 3.8) is 0 Å². The number of imidazole rings is 1. The van der Waals surface area contributed by atoms with Crippen molar-refractivity contribution in [2.45, 2.75) is 13.8 Å². The zero-order valence-electron chi connectivity index (χ0n) is 15.8. The first kappa shape index (κ1) is 18.7. The van der Waals surface area contributed by atoms with Crippen molar-refractivity contribution in [1.29, 1.82) is 0 Å². The van der Waals surface area contributed by atoms with Gasteiger partial charge in [0.25, 0.3) is 0 Å². The minimum absolute atomic E-state index is 0.203. The Morgan fingerprint density at radius 3 is 2.66 bits per heavy atom. The number of aromatic nitrogens is 3. The van der Waals surface area contributed by atoms with Crippen LogP contribution in [0.4, 0.5) is 14.6 Å². The van der Waals surface area contributed by atoms with Crippen LogP contribution >= 0.6 is 0 Å². The van der Waals surface area contributed by atoms with Crippen LogP contribution in [0.15, 0.2) is 54.9 Å². The van der Waals surface area contributed by atoms with E-state index in [1.54, 1.807) is 23.0 Å². The molecule has 1 N–H and O–H groups in total. The van der Waals surface area contributed by atoms with Crippen molar-refractivity contribution in [3.05, 3.63) is 78.5 Å². The third-order valence-corrected chi connectivity index (χ3v) is 4.51. The molecule has 0 bridgehead atoms. The van der Waals surface area contributed by atoms with Gasteiger partial charge in [-0.05, 0) is 53.9 Å². The normalized spacial score (nSPS) is 11.0. The molecule has 1 radical (unpaired) electrons. The van der Waals surface area contributed by atoms with E-state index in [4.69, 9.17) is 0 Å². The third kappa shape index (κ3) is 3.71. The maximum atomic E-state index is 14.4. The summed E-state index contributed by atoms with van der Waals surface area (Å²) >= 11 is 0. The van der Waals surface area contributed by atoms with Gasteiger partial charge in [0, 0.05) is 18.6 Å². The third-order valence-electron chi connectivity index (χ3n) is 4.51. The lowest BCUT2D eigenvalue weighted by Crippen LogP contribution is -2.09. The highest BCUT2D eigenvalue weighted by molar-refractivity contribution is 5.89. The van der Waals surface area contributed by atoms with Crippen LogP contribution in [0.3, 0.4) is 0 Å². The number of carbonyl (C=O) groups excluding carboxylic acids is 1. The van der Waals surface area contributed by atoms with Gasteiger partial charge in [0.1, 0.15) is 29.6 Å². The molecule has 4 aromatic rings. The molecule has 2 heterocycles. The van der Waals surface area contributed by atoms with Gasteiger partial charge in [-0.2, -0.15) is 0 Å². The number of hydrogen-bond acceptors (Lipinski definition) is 3. The van der Waals surface area contributed by atoms with E-state index in [9.17, 15) is 13.6 Å². The van der Waals surface area contributed by atoms with E-state index < -0.39 is 11.6 Å².